The van der Waals surface area contributed by atoms with E-state index in [0.717, 1.165) is 45.1 Å². The van der Waals surface area contributed by atoms with E-state index in [2.05, 4.69) is 5.32 Å². The summed E-state index contributed by atoms with van der Waals surface area (Å²) in [6.07, 6.45) is 7.72. The molecule has 3 heteroatoms. The first-order chi connectivity index (χ1) is 7.18. The van der Waals surface area contributed by atoms with Crippen molar-refractivity contribution >= 4 is 0 Å². The van der Waals surface area contributed by atoms with E-state index < -0.39 is 5.60 Å². The number of hydrogen-bond acceptors (Lipinski definition) is 3. The van der Waals surface area contributed by atoms with Gasteiger partial charge in [0.25, 0.3) is 0 Å². The highest BCUT2D eigenvalue weighted by atomic mass is 16.3. The van der Waals surface area contributed by atoms with Gasteiger partial charge in [-0.2, -0.15) is 0 Å². The first kappa shape index (κ1) is 11.4. The van der Waals surface area contributed by atoms with E-state index in [9.17, 15) is 5.11 Å². The van der Waals surface area contributed by atoms with Crippen LogP contribution in [0.5, 0.6) is 0 Å². The van der Waals surface area contributed by atoms with Crippen LogP contribution in [-0.2, 0) is 0 Å². The number of rotatable bonds is 5. The Morgan fingerprint density at radius 1 is 0.933 bits per heavy atom. The highest BCUT2D eigenvalue weighted by Crippen LogP contribution is 2.44. The Kier molecular flexibility index (Phi) is 3.33. The predicted octanol–water partition coefficient (Wildman–Crippen LogP) is 1.04. The van der Waals surface area contributed by atoms with Gasteiger partial charge in [-0.05, 0) is 25.7 Å². The van der Waals surface area contributed by atoms with Gasteiger partial charge in [-0.15, -0.1) is 0 Å². The zero-order valence-corrected chi connectivity index (χ0v) is 9.47. The van der Waals surface area contributed by atoms with Crippen molar-refractivity contribution in [1.29, 1.82) is 0 Å². The molecule has 0 aliphatic heterocycles. The van der Waals surface area contributed by atoms with Gasteiger partial charge < -0.3 is 15.5 Å². The molecule has 3 nitrogen and oxygen atoms in total. The lowest BCUT2D eigenvalue weighted by Gasteiger charge is -2.32. The Hall–Kier alpha value is -0.120. The molecule has 0 atom stereocenters. The number of aliphatic hydroxyl groups is 2. The molecule has 0 aromatic carbocycles. The molecular weight excluding hydrogens is 190 g/mol. The Morgan fingerprint density at radius 2 is 1.60 bits per heavy atom. The van der Waals surface area contributed by atoms with Crippen LogP contribution in [0.25, 0.3) is 0 Å². The van der Waals surface area contributed by atoms with Gasteiger partial charge in [0, 0.05) is 25.1 Å². The third kappa shape index (κ3) is 2.92. The van der Waals surface area contributed by atoms with Gasteiger partial charge in [0.05, 0.1) is 5.60 Å². The molecule has 0 unspecified atom stereocenters. The van der Waals surface area contributed by atoms with Crippen molar-refractivity contribution in [3.63, 3.8) is 0 Å². The van der Waals surface area contributed by atoms with E-state index in [0.29, 0.717) is 13.2 Å². The van der Waals surface area contributed by atoms with Crippen molar-refractivity contribution in [1.82, 2.24) is 5.32 Å². The highest BCUT2D eigenvalue weighted by molar-refractivity contribution is 4.95. The Labute approximate surface area is 91.9 Å². The van der Waals surface area contributed by atoms with Crippen molar-refractivity contribution in [3.05, 3.63) is 0 Å². The molecule has 88 valence electrons. The normalized spacial score (nSPS) is 27.6. The first-order valence-electron chi connectivity index (χ1n) is 6.22. The van der Waals surface area contributed by atoms with Gasteiger partial charge >= 0.3 is 0 Å². The summed E-state index contributed by atoms with van der Waals surface area (Å²) < 4.78 is 0. The lowest BCUT2D eigenvalue weighted by molar-refractivity contribution is 0.00343. The Morgan fingerprint density at radius 3 is 2.13 bits per heavy atom. The number of aliphatic hydroxyl groups excluding tert-OH is 1. The maximum Gasteiger partial charge on any atom is 0.0771 e. The molecule has 0 heterocycles. The van der Waals surface area contributed by atoms with Crippen molar-refractivity contribution < 1.29 is 10.2 Å². The van der Waals surface area contributed by atoms with Crippen LogP contribution in [-0.4, -0.2) is 35.5 Å². The van der Waals surface area contributed by atoms with Crippen LogP contribution in [0.3, 0.4) is 0 Å². The maximum atomic E-state index is 10.2. The van der Waals surface area contributed by atoms with Gasteiger partial charge in [-0.25, -0.2) is 0 Å². The fourth-order valence-corrected chi connectivity index (χ4v) is 2.51. The molecule has 2 fully saturated rings. The molecule has 0 radical (unpaired) electrons. The predicted molar refractivity (Wildman–Crippen MR) is 59.7 cm³/mol. The van der Waals surface area contributed by atoms with Crippen molar-refractivity contribution in [2.45, 2.75) is 50.5 Å². The lowest BCUT2D eigenvalue weighted by Crippen LogP contribution is -2.44. The van der Waals surface area contributed by atoms with Gasteiger partial charge in [0.1, 0.15) is 0 Å². The zero-order valence-electron chi connectivity index (χ0n) is 9.47. The van der Waals surface area contributed by atoms with Crippen molar-refractivity contribution in [2.75, 3.05) is 19.7 Å². The summed E-state index contributed by atoms with van der Waals surface area (Å²) in [5, 5.41) is 22.7. The number of hydrogen-bond donors (Lipinski definition) is 3. The minimum atomic E-state index is -0.468. The molecule has 0 aromatic heterocycles. The molecule has 0 aromatic rings. The zero-order chi connectivity index (χ0) is 10.8. The third-order valence-electron chi connectivity index (χ3n) is 4.03. The van der Waals surface area contributed by atoms with E-state index in [1.54, 1.807) is 0 Å². The summed E-state index contributed by atoms with van der Waals surface area (Å²) in [5.74, 6) is 0. The van der Waals surface area contributed by atoms with Gasteiger partial charge in [0.2, 0.25) is 0 Å². The third-order valence-corrected chi connectivity index (χ3v) is 4.03. The van der Waals surface area contributed by atoms with Crippen molar-refractivity contribution in [2.24, 2.45) is 5.41 Å². The average Bonchev–Trinajstić information content (AvgIpc) is 3.00. The van der Waals surface area contributed by atoms with E-state index in [4.69, 9.17) is 5.11 Å². The second-order valence-electron chi connectivity index (χ2n) is 5.55. The monoisotopic (exact) mass is 213 g/mol. The highest BCUT2D eigenvalue weighted by Gasteiger charge is 2.42. The SMILES string of the molecule is OCC1(CNCC2(O)CCCCC2)CC1. The smallest absolute Gasteiger partial charge is 0.0771 e. The standard InChI is InChI=1S/C12H23NO2/c14-10-11(6-7-11)8-13-9-12(15)4-2-1-3-5-12/h13-15H,1-10H2. The first-order valence-corrected chi connectivity index (χ1v) is 6.22. The summed E-state index contributed by atoms with van der Waals surface area (Å²) in [5.41, 5.74) is -0.311. The van der Waals surface area contributed by atoms with E-state index in [-0.39, 0.29) is 5.41 Å². The second-order valence-corrected chi connectivity index (χ2v) is 5.55. The molecule has 0 bridgehead atoms. The molecule has 0 spiro atoms. The largest absolute Gasteiger partial charge is 0.396 e. The van der Waals surface area contributed by atoms with Crippen LogP contribution in [0.2, 0.25) is 0 Å². The summed E-state index contributed by atoms with van der Waals surface area (Å²) in [6, 6.07) is 0. The molecule has 0 amide bonds. The molecule has 2 saturated carbocycles. The quantitative estimate of drug-likeness (QED) is 0.639. The van der Waals surface area contributed by atoms with Crippen LogP contribution in [0.4, 0.5) is 0 Å². The minimum Gasteiger partial charge on any atom is -0.396 e. The summed E-state index contributed by atoms with van der Waals surface area (Å²) in [6.45, 7) is 1.86. The molecule has 3 N–H and O–H groups in total. The molecule has 0 saturated heterocycles. The van der Waals surface area contributed by atoms with Gasteiger partial charge in [-0.1, -0.05) is 19.3 Å². The van der Waals surface area contributed by atoms with E-state index in [1.165, 1.54) is 6.42 Å². The van der Waals surface area contributed by atoms with Crippen LogP contribution >= 0.6 is 0 Å². The van der Waals surface area contributed by atoms with Crippen molar-refractivity contribution in [3.8, 4) is 0 Å². The van der Waals surface area contributed by atoms with Crippen LogP contribution in [0, 0.1) is 5.41 Å². The van der Waals surface area contributed by atoms with E-state index >= 15 is 0 Å². The molecule has 2 rings (SSSR count). The van der Waals surface area contributed by atoms with Crippen LogP contribution in [0.15, 0.2) is 0 Å². The minimum absolute atomic E-state index is 0.158. The lowest BCUT2D eigenvalue weighted by atomic mass is 9.85. The van der Waals surface area contributed by atoms with Gasteiger partial charge in [0.15, 0.2) is 0 Å². The Balaban J connectivity index is 1.68. The van der Waals surface area contributed by atoms with Crippen LogP contribution < -0.4 is 5.32 Å². The fourth-order valence-electron chi connectivity index (χ4n) is 2.51. The fraction of sp³-hybridized carbons (Fsp3) is 1.00. The maximum absolute atomic E-state index is 10.2. The molecular formula is C12H23NO2. The molecule has 2 aliphatic rings. The topological polar surface area (TPSA) is 52.5 Å². The summed E-state index contributed by atoms with van der Waals surface area (Å²) >= 11 is 0. The van der Waals surface area contributed by atoms with E-state index in [1.807, 2.05) is 0 Å². The molecule has 2 aliphatic carbocycles. The molecule has 15 heavy (non-hydrogen) atoms. The van der Waals surface area contributed by atoms with Crippen LogP contribution in [0.1, 0.15) is 44.9 Å². The average molecular weight is 213 g/mol. The summed E-state index contributed by atoms with van der Waals surface area (Å²) in [7, 11) is 0. The number of nitrogens with one attached hydrogen (secondary N) is 1. The van der Waals surface area contributed by atoms with Gasteiger partial charge in [-0.3, -0.25) is 0 Å². The Bertz CT molecular complexity index is 208. The summed E-state index contributed by atoms with van der Waals surface area (Å²) in [4.78, 5) is 0. The second kappa shape index (κ2) is 4.40.